The number of hydrogen-bond donors (Lipinski definition) is 0. The summed E-state index contributed by atoms with van der Waals surface area (Å²) in [6.07, 6.45) is 55.0. The van der Waals surface area contributed by atoms with Gasteiger partial charge in [-0.1, -0.05) is 184 Å². The van der Waals surface area contributed by atoms with E-state index in [0.717, 1.165) is 89.9 Å². The molecule has 5 heteroatoms. The van der Waals surface area contributed by atoms with Gasteiger partial charge < -0.3 is 14.2 Å². The molecule has 0 rings (SSSR count). The highest BCUT2D eigenvalue weighted by Gasteiger charge is 2.17. The van der Waals surface area contributed by atoms with Crippen LogP contribution in [0.4, 0.5) is 0 Å². The van der Waals surface area contributed by atoms with Crippen molar-refractivity contribution in [2.45, 2.75) is 219 Å². The zero-order chi connectivity index (χ0) is 39.3. The first-order valence-corrected chi connectivity index (χ1v) is 22.8. The number of ether oxygens (including phenoxy) is 3. The average Bonchev–Trinajstić information content (AvgIpc) is 3.17. The highest BCUT2D eigenvalue weighted by atomic mass is 16.6. The van der Waals surface area contributed by atoms with Crippen LogP contribution in [0.2, 0.25) is 0 Å². The SMILES string of the molecule is CC/C=C\C/C=C\C/C=C\CCCCCC(=O)OCC(COCCCCCCCCCCCCCC)OC(=O)CCCCCCC/C=C\C/C=C\CCC. The second-order valence-electron chi connectivity index (χ2n) is 14.9. The van der Waals surface area contributed by atoms with Gasteiger partial charge in [-0.2, -0.15) is 0 Å². The minimum Gasteiger partial charge on any atom is -0.462 e. The lowest BCUT2D eigenvalue weighted by atomic mass is 10.1. The van der Waals surface area contributed by atoms with E-state index in [9.17, 15) is 9.59 Å². The Morgan fingerprint density at radius 1 is 0.426 bits per heavy atom. The maximum Gasteiger partial charge on any atom is 0.306 e. The number of esters is 2. The summed E-state index contributed by atoms with van der Waals surface area (Å²) in [4.78, 5) is 25.2. The van der Waals surface area contributed by atoms with E-state index in [0.29, 0.717) is 19.4 Å². The quantitative estimate of drug-likeness (QED) is 0.0353. The number of allylic oxidation sites excluding steroid dienone is 10. The van der Waals surface area contributed by atoms with Gasteiger partial charge >= 0.3 is 11.9 Å². The van der Waals surface area contributed by atoms with Crippen molar-refractivity contribution in [2.75, 3.05) is 19.8 Å². The molecule has 1 unspecified atom stereocenters. The number of hydrogen-bond acceptors (Lipinski definition) is 5. The third-order valence-electron chi connectivity index (χ3n) is 9.52. The lowest BCUT2D eigenvalue weighted by Gasteiger charge is -2.18. The van der Waals surface area contributed by atoms with E-state index in [1.54, 1.807) is 0 Å². The lowest BCUT2D eigenvalue weighted by molar-refractivity contribution is -0.163. The van der Waals surface area contributed by atoms with E-state index >= 15 is 0 Å². The molecule has 54 heavy (non-hydrogen) atoms. The van der Waals surface area contributed by atoms with Gasteiger partial charge in [-0.3, -0.25) is 9.59 Å². The van der Waals surface area contributed by atoms with Gasteiger partial charge in [0.2, 0.25) is 0 Å². The topological polar surface area (TPSA) is 61.8 Å². The number of rotatable bonds is 41. The summed E-state index contributed by atoms with van der Waals surface area (Å²) in [6.45, 7) is 7.61. The van der Waals surface area contributed by atoms with Crippen LogP contribution < -0.4 is 0 Å². The Morgan fingerprint density at radius 2 is 0.870 bits per heavy atom. The average molecular weight is 755 g/mol. The van der Waals surface area contributed by atoms with Gasteiger partial charge in [-0.25, -0.2) is 0 Å². The van der Waals surface area contributed by atoms with E-state index in [-0.39, 0.29) is 25.2 Å². The van der Waals surface area contributed by atoms with Gasteiger partial charge in [0.25, 0.3) is 0 Å². The molecule has 1 atom stereocenters. The first-order chi connectivity index (χ1) is 26.6. The van der Waals surface area contributed by atoms with E-state index in [2.05, 4.69) is 81.5 Å². The smallest absolute Gasteiger partial charge is 0.306 e. The van der Waals surface area contributed by atoms with Crippen LogP contribution in [0, 0.1) is 0 Å². The van der Waals surface area contributed by atoms with Crippen molar-refractivity contribution in [3.05, 3.63) is 60.8 Å². The molecule has 0 aromatic carbocycles. The number of carbonyl (C=O) groups is 2. The van der Waals surface area contributed by atoms with Crippen molar-refractivity contribution in [3.63, 3.8) is 0 Å². The van der Waals surface area contributed by atoms with Gasteiger partial charge in [0.05, 0.1) is 6.61 Å². The van der Waals surface area contributed by atoms with Crippen LogP contribution in [0.5, 0.6) is 0 Å². The first kappa shape index (κ1) is 51.6. The Kier molecular flexibility index (Phi) is 43.0. The lowest BCUT2D eigenvalue weighted by Crippen LogP contribution is -2.30. The summed E-state index contributed by atoms with van der Waals surface area (Å²) >= 11 is 0. The molecule has 0 aromatic heterocycles. The normalized spacial score (nSPS) is 12.7. The molecule has 0 aliphatic heterocycles. The van der Waals surface area contributed by atoms with Crippen LogP contribution in [-0.4, -0.2) is 37.9 Å². The summed E-state index contributed by atoms with van der Waals surface area (Å²) in [5.74, 6) is -0.446. The van der Waals surface area contributed by atoms with E-state index < -0.39 is 6.10 Å². The molecule has 312 valence electrons. The minimum atomic E-state index is -0.552. The zero-order valence-electron chi connectivity index (χ0n) is 35.7. The standard InChI is InChI=1S/C49H86O5/c1-4-7-10-13-16-19-22-25-27-30-33-36-39-42-48(50)53-46-47(45-52-44-41-38-35-32-29-24-21-18-15-12-9-6-3)54-49(51)43-40-37-34-31-28-26-23-20-17-14-11-8-5-2/h7,10-11,14,16,19-20,23,25,27,47H,4-6,8-9,12-13,15,17-18,21-22,24,26,28-46H2,1-3H3/b10-7-,14-11-,19-16-,23-20-,27-25-. The predicted octanol–water partition coefficient (Wildman–Crippen LogP) is 15.0. The van der Waals surface area contributed by atoms with Gasteiger partial charge in [0.1, 0.15) is 6.61 Å². The third kappa shape index (κ3) is 42.3. The van der Waals surface area contributed by atoms with E-state index in [4.69, 9.17) is 14.2 Å². The van der Waals surface area contributed by atoms with Crippen molar-refractivity contribution in [3.8, 4) is 0 Å². The fraction of sp³-hybridized carbons (Fsp3) is 0.755. The Hall–Kier alpha value is -2.40. The molecule has 0 heterocycles. The van der Waals surface area contributed by atoms with Gasteiger partial charge in [-0.05, 0) is 77.0 Å². The van der Waals surface area contributed by atoms with Crippen LogP contribution in [-0.2, 0) is 23.8 Å². The fourth-order valence-corrected chi connectivity index (χ4v) is 6.15. The molecule has 0 radical (unpaired) electrons. The van der Waals surface area contributed by atoms with Crippen molar-refractivity contribution >= 4 is 11.9 Å². The highest BCUT2D eigenvalue weighted by Crippen LogP contribution is 2.13. The van der Waals surface area contributed by atoms with Crippen molar-refractivity contribution in [1.29, 1.82) is 0 Å². The molecule has 0 aromatic rings. The van der Waals surface area contributed by atoms with Gasteiger partial charge in [0, 0.05) is 19.4 Å². The molecule has 0 fully saturated rings. The zero-order valence-corrected chi connectivity index (χ0v) is 35.7. The van der Waals surface area contributed by atoms with E-state index in [1.165, 1.54) is 89.9 Å². The Bertz CT molecular complexity index is 946. The van der Waals surface area contributed by atoms with Crippen LogP contribution >= 0.6 is 0 Å². The molecular weight excluding hydrogens is 669 g/mol. The Morgan fingerprint density at radius 3 is 1.43 bits per heavy atom. The van der Waals surface area contributed by atoms with Gasteiger partial charge in [-0.15, -0.1) is 0 Å². The molecule has 0 amide bonds. The van der Waals surface area contributed by atoms with Crippen LogP contribution in [0.25, 0.3) is 0 Å². The molecular formula is C49H86O5. The largest absolute Gasteiger partial charge is 0.462 e. The van der Waals surface area contributed by atoms with Gasteiger partial charge in [0.15, 0.2) is 6.10 Å². The number of carbonyl (C=O) groups excluding carboxylic acids is 2. The molecule has 0 saturated carbocycles. The van der Waals surface area contributed by atoms with Crippen molar-refractivity contribution < 1.29 is 23.8 Å². The Labute approximate surface area is 334 Å². The fourth-order valence-electron chi connectivity index (χ4n) is 6.15. The van der Waals surface area contributed by atoms with Crippen molar-refractivity contribution in [1.82, 2.24) is 0 Å². The van der Waals surface area contributed by atoms with Crippen LogP contribution in [0.3, 0.4) is 0 Å². The Balaban J connectivity index is 4.32. The minimum absolute atomic E-state index is 0.0649. The summed E-state index contributed by atoms with van der Waals surface area (Å²) < 4.78 is 17.3. The summed E-state index contributed by atoms with van der Waals surface area (Å²) in [5, 5.41) is 0. The second kappa shape index (κ2) is 45.0. The predicted molar refractivity (Wildman–Crippen MR) is 233 cm³/mol. The molecule has 0 spiro atoms. The summed E-state index contributed by atoms with van der Waals surface area (Å²) in [6, 6.07) is 0. The molecule has 5 nitrogen and oxygen atoms in total. The summed E-state index contributed by atoms with van der Waals surface area (Å²) in [5.41, 5.74) is 0. The summed E-state index contributed by atoms with van der Waals surface area (Å²) in [7, 11) is 0. The van der Waals surface area contributed by atoms with E-state index in [1.807, 2.05) is 0 Å². The highest BCUT2D eigenvalue weighted by molar-refractivity contribution is 5.70. The second-order valence-corrected chi connectivity index (χ2v) is 14.9. The first-order valence-electron chi connectivity index (χ1n) is 22.8. The number of unbranched alkanes of at least 4 members (excludes halogenated alkanes) is 20. The molecule has 0 N–H and O–H groups in total. The van der Waals surface area contributed by atoms with Crippen LogP contribution in [0.1, 0.15) is 213 Å². The molecule has 0 aliphatic rings. The molecule has 0 saturated heterocycles. The maximum absolute atomic E-state index is 12.7. The molecule has 0 aliphatic carbocycles. The van der Waals surface area contributed by atoms with Crippen LogP contribution in [0.15, 0.2) is 60.8 Å². The monoisotopic (exact) mass is 755 g/mol. The third-order valence-corrected chi connectivity index (χ3v) is 9.52. The molecule has 0 bridgehead atoms. The van der Waals surface area contributed by atoms with Crippen molar-refractivity contribution in [2.24, 2.45) is 0 Å². The maximum atomic E-state index is 12.7.